The first-order valence-corrected chi connectivity index (χ1v) is 7.64. The summed E-state index contributed by atoms with van der Waals surface area (Å²) in [6, 6.07) is 7.24. The van der Waals surface area contributed by atoms with Gasteiger partial charge in [-0.2, -0.15) is 0 Å². The highest BCUT2D eigenvalue weighted by Gasteiger charge is 2.16. The third-order valence-electron chi connectivity index (χ3n) is 2.43. The zero-order chi connectivity index (χ0) is 14.8. The Kier molecular flexibility index (Phi) is 4.37. The van der Waals surface area contributed by atoms with Gasteiger partial charge in [-0.3, -0.25) is 4.72 Å². The van der Waals surface area contributed by atoms with Crippen LogP contribution in [0.4, 0.5) is 5.69 Å². The van der Waals surface area contributed by atoms with Gasteiger partial charge in [0.15, 0.2) is 0 Å². The molecule has 0 aliphatic heterocycles. The van der Waals surface area contributed by atoms with E-state index in [2.05, 4.69) is 9.71 Å². The van der Waals surface area contributed by atoms with E-state index in [1.165, 1.54) is 37.6 Å². The fourth-order valence-electron chi connectivity index (χ4n) is 1.47. The Morgan fingerprint density at radius 2 is 1.95 bits per heavy atom. The van der Waals surface area contributed by atoms with Crippen molar-refractivity contribution >= 4 is 38.9 Å². The van der Waals surface area contributed by atoms with Gasteiger partial charge in [-0.25, -0.2) is 13.4 Å². The maximum Gasteiger partial charge on any atom is 0.262 e. The molecule has 0 spiro atoms. The second-order valence-corrected chi connectivity index (χ2v) is 6.24. The van der Waals surface area contributed by atoms with Crippen molar-refractivity contribution < 1.29 is 13.2 Å². The average molecular weight is 333 g/mol. The highest BCUT2D eigenvalue weighted by Crippen LogP contribution is 2.29. The molecule has 0 saturated carbocycles. The Morgan fingerprint density at radius 1 is 1.20 bits per heavy atom. The lowest BCUT2D eigenvalue weighted by molar-refractivity contribution is 0.415. The van der Waals surface area contributed by atoms with Gasteiger partial charge in [0.2, 0.25) is 0 Å². The first-order valence-electron chi connectivity index (χ1n) is 5.40. The number of rotatable bonds is 4. The van der Waals surface area contributed by atoms with E-state index in [0.29, 0.717) is 5.75 Å². The Hall–Kier alpha value is -1.50. The van der Waals surface area contributed by atoms with Crippen molar-refractivity contribution in [1.29, 1.82) is 0 Å². The van der Waals surface area contributed by atoms with Gasteiger partial charge in [0.25, 0.3) is 10.0 Å². The first kappa shape index (κ1) is 14.9. The van der Waals surface area contributed by atoms with E-state index in [1.807, 2.05) is 0 Å². The van der Waals surface area contributed by atoms with Gasteiger partial charge in [0.1, 0.15) is 10.9 Å². The summed E-state index contributed by atoms with van der Waals surface area (Å²) < 4.78 is 31.8. The summed E-state index contributed by atoms with van der Waals surface area (Å²) in [6.07, 6.45) is 1.31. The highest BCUT2D eigenvalue weighted by atomic mass is 35.5. The maximum atomic E-state index is 12.2. The Morgan fingerprint density at radius 3 is 2.60 bits per heavy atom. The number of anilines is 1. The lowest BCUT2D eigenvalue weighted by Crippen LogP contribution is -2.13. The van der Waals surface area contributed by atoms with Gasteiger partial charge in [0, 0.05) is 12.3 Å². The fourth-order valence-corrected chi connectivity index (χ4v) is 3.01. The van der Waals surface area contributed by atoms with Gasteiger partial charge in [-0.1, -0.05) is 23.2 Å². The monoisotopic (exact) mass is 332 g/mol. The van der Waals surface area contributed by atoms with Crippen LogP contribution >= 0.6 is 23.2 Å². The van der Waals surface area contributed by atoms with Crippen LogP contribution in [0.2, 0.25) is 10.2 Å². The normalized spacial score (nSPS) is 11.2. The predicted molar refractivity (Wildman–Crippen MR) is 78.1 cm³/mol. The van der Waals surface area contributed by atoms with E-state index in [9.17, 15) is 8.42 Å². The zero-order valence-corrected chi connectivity index (χ0v) is 12.6. The topological polar surface area (TPSA) is 68.3 Å². The van der Waals surface area contributed by atoms with Crippen molar-refractivity contribution in [3.05, 3.63) is 46.7 Å². The minimum Gasteiger partial charge on any atom is -0.497 e. The number of sulfonamides is 1. The van der Waals surface area contributed by atoms with Crippen LogP contribution in [-0.2, 0) is 10.0 Å². The number of benzene rings is 1. The van der Waals surface area contributed by atoms with Gasteiger partial charge >= 0.3 is 0 Å². The number of pyridine rings is 1. The molecule has 0 saturated heterocycles. The molecule has 0 aliphatic rings. The molecule has 1 aromatic heterocycles. The summed E-state index contributed by atoms with van der Waals surface area (Å²) in [5.74, 6) is 0.486. The summed E-state index contributed by atoms with van der Waals surface area (Å²) in [5, 5.41) is 0.346. The minimum absolute atomic E-state index is 0.00335. The molecule has 0 atom stereocenters. The first-order chi connectivity index (χ1) is 9.42. The Balaban J connectivity index is 2.38. The quantitative estimate of drug-likeness (QED) is 0.873. The van der Waals surface area contributed by atoms with Gasteiger partial charge in [-0.15, -0.1) is 0 Å². The van der Waals surface area contributed by atoms with E-state index in [4.69, 9.17) is 27.9 Å². The van der Waals surface area contributed by atoms with Crippen molar-refractivity contribution in [3.8, 4) is 5.75 Å². The minimum atomic E-state index is -3.80. The van der Waals surface area contributed by atoms with E-state index in [1.54, 1.807) is 6.07 Å². The molecule has 0 aliphatic carbocycles. The zero-order valence-electron chi connectivity index (χ0n) is 10.3. The van der Waals surface area contributed by atoms with Crippen LogP contribution in [0.15, 0.2) is 41.4 Å². The molecule has 8 heteroatoms. The molecule has 0 amide bonds. The second-order valence-electron chi connectivity index (χ2n) is 3.77. The number of methoxy groups -OCH3 is 1. The van der Waals surface area contributed by atoms with Crippen molar-refractivity contribution in [2.24, 2.45) is 0 Å². The third-order valence-corrected chi connectivity index (χ3v) is 4.33. The second kappa shape index (κ2) is 5.87. The number of nitrogens with zero attached hydrogens (tertiary/aromatic N) is 1. The van der Waals surface area contributed by atoms with Crippen LogP contribution in [0.1, 0.15) is 0 Å². The van der Waals surface area contributed by atoms with E-state index < -0.39 is 10.0 Å². The number of hydrogen-bond acceptors (Lipinski definition) is 4. The molecule has 1 heterocycles. The molecule has 0 bridgehead atoms. The lowest BCUT2D eigenvalue weighted by Gasteiger charge is -2.11. The Bertz CT molecular complexity index is 735. The molecule has 5 nitrogen and oxygen atoms in total. The summed E-state index contributed by atoms with van der Waals surface area (Å²) in [7, 11) is -2.32. The van der Waals surface area contributed by atoms with E-state index in [0.717, 1.165) is 0 Å². The van der Waals surface area contributed by atoms with Gasteiger partial charge in [0.05, 0.1) is 22.7 Å². The van der Waals surface area contributed by atoms with Gasteiger partial charge < -0.3 is 4.74 Å². The molecular weight excluding hydrogens is 323 g/mol. The predicted octanol–water partition coefficient (Wildman–Crippen LogP) is 3.20. The van der Waals surface area contributed by atoms with Crippen molar-refractivity contribution in [2.45, 2.75) is 4.90 Å². The van der Waals surface area contributed by atoms with Crippen molar-refractivity contribution in [3.63, 3.8) is 0 Å². The molecule has 1 N–H and O–H groups in total. The molecule has 1 aromatic carbocycles. The molecular formula is C12H10Cl2N2O3S. The average Bonchev–Trinajstić information content (AvgIpc) is 2.41. The number of ether oxygens (including phenoxy) is 1. The highest BCUT2D eigenvalue weighted by molar-refractivity contribution is 7.92. The third kappa shape index (κ3) is 3.33. The van der Waals surface area contributed by atoms with Gasteiger partial charge in [-0.05, 0) is 24.3 Å². The molecule has 2 rings (SSSR count). The standard InChI is InChI=1S/C12H10Cl2N2O3S/c1-19-8-2-3-10(13)11(6-8)16-20(17,18)9-4-5-15-12(14)7-9/h2-7,16H,1H3. The van der Waals surface area contributed by atoms with E-state index >= 15 is 0 Å². The smallest absolute Gasteiger partial charge is 0.262 e. The number of hydrogen-bond donors (Lipinski definition) is 1. The molecule has 0 radical (unpaired) electrons. The van der Waals surface area contributed by atoms with Crippen molar-refractivity contribution in [2.75, 3.05) is 11.8 Å². The summed E-state index contributed by atoms with van der Waals surface area (Å²) in [4.78, 5) is 3.73. The van der Waals surface area contributed by atoms with Crippen LogP contribution < -0.4 is 9.46 Å². The summed E-state index contributed by atoms with van der Waals surface area (Å²) in [6.45, 7) is 0. The largest absolute Gasteiger partial charge is 0.497 e. The van der Waals surface area contributed by atoms with E-state index in [-0.39, 0.29) is 20.8 Å². The van der Waals surface area contributed by atoms with Crippen LogP contribution in [0.25, 0.3) is 0 Å². The van der Waals surface area contributed by atoms with Crippen LogP contribution in [0, 0.1) is 0 Å². The van der Waals surface area contributed by atoms with Crippen LogP contribution in [-0.4, -0.2) is 20.5 Å². The molecule has 2 aromatic rings. The Labute approximate surface area is 126 Å². The number of aromatic nitrogens is 1. The summed E-state index contributed by atoms with van der Waals surface area (Å²) >= 11 is 11.6. The number of nitrogens with one attached hydrogen (secondary N) is 1. The lowest BCUT2D eigenvalue weighted by atomic mass is 10.3. The maximum absolute atomic E-state index is 12.2. The van der Waals surface area contributed by atoms with Crippen molar-refractivity contribution in [1.82, 2.24) is 4.98 Å². The number of halogens is 2. The van der Waals surface area contributed by atoms with Crippen LogP contribution in [0.3, 0.4) is 0 Å². The molecule has 20 heavy (non-hydrogen) atoms. The summed E-state index contributed by atoms with van der Waals surface area (Å²) in [5.41, 5.74) is 0.221. The SMILES string of the molecule is COc1ccc(Cl)c(NS(=O)(=O)c2ccnc(Cl)c2)c1. The molecule has 106 valence electrons. The molecule has 0 unspecified atom stereocenters. The molecule has 0 fully saturated rings. The fraction of sp³-hybridized carbons (Fsp3) is 0.0833. The van der Waals surface area contributed by atoms with Crippen LogP contribution in [0.5, 0.6) is 5.75 Å².